The second-order valence-electron chi connectivity index (χ2n) is 7.96. The summed E-state index contributed by atoms with van der Waals surface area (Å²) in [5.74, 6) is 1.25. The number of aromatic nitrogens is 5. The van der Waals surface area contributed by atoms with Gasteiger partial charge in [0.15, 0.2) is 5.82 Å². The van der Waals surface area contributed by atoms with Gasteiger partial charge in [0.25, 0.3) is 0 Å². The van der Waals surface area contributed by atoms with Crippen molar-refractivity contribution in [1.82, 2.24) is 25.1 Å². The third-order valence-corrected chi connectivity index (χ3v) is 6.77. The molecule has 0 aliphatic heterocycles. The molecule has 6 aromatic rings. The zero-order valence-electron chi connectivity index (χ0n) is 19.3. The summed E-state index contributed by atoms with van der Waals surface area (Å²) in [7, 11) is 1.60. The SMILES string of the molecule is COc1ccc(-c2nnc(Nc3ccc(Sc4ccnc5cccnc45)cc3)c3ccccc23)cn1. The Balaban J connectivity index is 1.27. The van der Waals surface area contributed by atoms with Gasteiger partial charge in [-0.2, -0.15) is 0 Å². The Morgan fingerprint density at radius 1 is 0.750 bits per heavy atom. The first-order chi connectivity index (χ1) is 17.8. The molecule has 0 radical (unpaired) electrons. The molecule has 0 unspecified atom stereocenters. The van der Waals surface area contributed by atoms with Crippen LogP contribution in [0.4, 0.5) is 11.5 Å². The Morgan fingerprint density at radius 2 is 1.61 bits per heavy atom. The highest BCUT2D eigenvalue weighted by Gasteiger charge is 2.12. The fraction of sp³-hybridized carbons (Fsp3) is 0.0357. The van der Waals surface area contributed by atoms with Crippen LogP contribution in [-0.4, -0.2) is 32.3 Å². The van der Waals surface area contributed by atoms with Gasteiger partial charge in [-0.25, -0.2) is 4.98 Å². The van der Waals surface area contributed by atoms with Gasteiger partial charge in [-0.1, -0.05) is 36.0 Å². The molecule has 0 fully saturated rings. The quantitative estimate of drug-likeness (QED) is 0.283. The Morgan fingerprint density at radius 3 is 2.42 bits per heavy atom. The Bertz CT molecular complexity index is 1670. The molecular formula is C28H20N6OS. The average Bonchev–Trinajstić information content (AvgIpc) is 2.94. The van der Waals surface area contributed by atoms with Crippen molar-refractivity contribution in [2.45, 2.75) is 9.79 Å². The van der Waals surface area contributed by atoms with Gasteiger partial charge in [-0.05, 0) is 48.5 Å². The van der Waals surface area contributed by atoms with Crippen LogP contribution in [0.2, 0.25) is 0 Å². The average molecular weight is 489 g/mol. The second kappa shape index (κ2) is 9.59. The number of hydrogen-bond donors (Lipinski definition) is 1. The van der Waals surface area contributed by atoms with E-state index in [1.807, 2.05) is 72.9 Å². The number of fused-ring (bicyclic) bond motifs is 2. The highest BCUT2D eigenvalue weighted by molar-refractivity contribution is 7.99. The van der Waals surface area contributed by atoms with Crippen LogP contribution < -0.4 is 10.1 Å². The number of hydrogen-bond acceptors (Lipinski definition) is 8. The predicted octanol–water partition coefficient (Wildman–Crippen LogP) is 6.54. The van der Waals surface area contributed by atoms with Crippen molar-refractivity contribution in [2.24, 2.45) is 0 Å². The van der Waals surface area contributed by atoms with E-state index in [2.05, 4.69) is 42.6 Å². The highest BCUT2D eigenvalue weighted by Crippen LogP contribution is 2.34. The summed E-state index contributed by atoms with van der Waals surface area (Å²) < 4.78 is 5.17. The first-order valence-corrected chi connectivity index (χ1v) is 12.1. The minimum atomic E-state index is 0.560. The molecular weight excluding hydrogens is 468 g/mol. The largest absolute Gasteiger partial charge is 0.481 e. The maximum atomic E-state index is 5.17. The zero-order chi connectivity index (χ0) is 24.3. The van der Waals surface area contributed by atoms with E-state index in [0.29, 0.717) is 11.7 Å². The fourth-order valence-electron chi connectivity index (χ4n) is 3.96. The first kappa shape index (κ1) is 21.9. The normalized spacial score (nSPS) is 11.0. The molecule has 0 saturated heterocycles. The predicted molar refractivity (Wildman–Crippen MR) is 143 cm³/mol. The Labute approximate surface area is 211 Å². The number of ether oxygens (including phenoxy) is 1. The maximum Gasteiger partial charge on any atom is 0.212 e. The number of methoxy groups -OCH3 is 1. The van der Waals surface area contributed by atoms with Crippen molar-refractivity contribution in [2.75, 3.05) is 12.4 Å². The van der Waals surface area contributed by atoms with Crippen molar-refractivity contribution in [3.8, 4) is 17.1 Å². The van der Waals surface area contributed by atoms with Crippen LogP contribution in [0.25, 0.3) is 33.1 Å². The lowest BCUT2D eigenvalue weighted by Gasteiger charge is -2.12. The van der Waals surface area contributed by atoms with E-state index < -0.39 is 0 Å². The summed E-state index contributed by atoms with van der Waals surface area (Å²) in [6, 6.07) is 25.9. The topological polar surface area (TPSA) is 85.7 Å². The molecule has 174 valence electrons. The lowest BCUT2D eigenvalue weighted by atomic mass is 10.1. The van der Waals surface area contributed by atoms with Gasteiger partial charge in [0.1, 0.15) is 11.2 Å². The third kappa shape index (κ3) is 4.30. The molecule has 0 aliphatic carbocycles. The van der Waals surface area contributed by atoms with Crippen LogP contribution in [0.3, 0.4) is 0 Å². The molecule has 1 N–H and O–H groups in total. The van der Waals surface area contributed by atoms with Crippen LogP contribution in [-0.2, 0) is 0 Å². The van der Waals surface area contributed by atoms with Gasteiger partial charge in [0, 0.05) is 56.5 Å². The molecule has 4 aromatic heterocycles. The zero-order valence-corrected chi connectivity index (χ0v) is 20.1. The first-order valence-electron chi connectivity index (χ1n) is 11.3. The molecule has 0 saturated carbocycles. The van der Waals surface area contributed by atoms with E-state index in [-0.39, 0.29) is 0 Å². The summed E-state index contributed by atoms with van der Waals surface area (Å²) >= 11 is 1.66. The molecule has 0 amide bonds. The number of benzene rings is 2. The van der Waals surface area contributed by atoms with Crippen molar-refractivity contribution in [3.05, 3.63) is 97.5 Å². The van der Waals surface area contributed by atoms with Gasteiger partial charge >= 0.3 is 0 Å². The maximum absolute atomic E-state index is 5.17. The van der Waals surface area contributed by atoms with Crippen molar-refractivity contribution in [1.29, 1.82) is 0 Å². The molecule has 0 aliphatic rings. The van der Waals surface area contributed by atoms with E-state index in [1.54, 1.807) is 31.3 Å². The molecule has 4 heterocycles. The molecule has 8 heteroatoms. The Kier molecular flexibility index (Phi) is 5.85. The van der Waals surface area contributed by atoms with Crippen molar-refractivity contribution < 1.29 is 4.74 Å². The number of anilines is 2. The second-order valence-corrected chi connectivity index (χ2v) is 9.08. The molecule has 36 heavy (non-hydrogen) atoms. The van der Waals surface area contributed by atoms with E-state index in [9.17, 15) is 0 Å². The number of nitrogens with one attached hydrogen (secondary N) is 1. The minimum Gasteiger partial charge on any atom is -0.481 e. The molecule has 0 spiro atoms. The van der Waals surface area contributed by atoms with E-state index >= 15 is 0 Å². The molecule has 0 atom stereocenters. The fourth-order valence-corrected chi connectivity index (χ4v) is 4.87. The summed E-state index contributed by atoms with van der Waals surface area (Å²) in [5.41, 5.74) is 4.37. The summed E-state index contributed by atoms with van der Waals surface area (Å²) in [5, 5.41) is 14.4. The smallest absolute Gasteiger partial charge is 0.212 e. The minimum absolute atomic E-state index is 0.560. The van der Waals surface area contributed by atoms with Gasteiger partial charge in [0.05, 0.1) is 12.6 Å². The van der Waals surface area contributed by atoms with E-state index in [0.717, 1.165) is 48.5 Å². The lowest BCUT2D eigenvalue weighted by Crippen LogP contribution is -1.99. The van der Waals surface area contributed by atoms with Crippen LogP contribution in [0.15, 0.2) is 107 Å². The van der Waals surface area contributed by atoms with Gasteiger partial charge in [-0.3, -0.25) is 9.97 Å². The number of rotatable bonds is 6. The monoisotopic (exact) mass is 488 g/mol. The van der Waals surface area contributed by atoms with E-state index in [1.165, 1.54) is 0 Å². The summed E-state index contributed by atoms with van der Waals surface area (Å²) in [6.07, 6.45) is 5.36. The van der Waals surface area contributed by atoms with Gasteiger partial charge in [0.2, 0.25) is 5.88 Å². The number of nitrogens with zero attached hydrogens (tertiary/aromatic N) is 5. The van der Waals surface area contributed by atoms with Crippen LogP contribution in [0.1, 0.15) is 0 Å². The van der Waals surface area contributed by atoms with Crippen molar-refractivity contribution >= 4 is 45.1 Å². The summed E-state index contributed by atoms with van der Waals surface area (Å²) in [6.45, 7) is 0. The summed E-state index contributed by atoms with van der Waals surface area (Å²) in [4.78, 5) is 15.4. The number of pyridine rings is 3. The highest BCUT2D eigenvalue weighted by atomic mass is 32.2. The van der Waals surface area contributed by atoms with Gasteiger partial charge < -0.3 is 10.1 Å². The standard InChI is InChI=1S/C28H20N6OS/c1-35-25-13-8-18(17-31-25)26-21-5-2-3-6-22(21)28(34-33-26)32-19-9-11-20(12-10-19)36-24-14-16-29-23-7-4-15-30-27(23)24/h2-17H,1H3,(H,32,34). The van der Waals surface area contributed by atoms with Crippen LogP contribution in [0.5, 0.6) is 5.88 Å². The van der Waals surface area contributed by atoms with Crippen LogP contribution in [0, 0.1) is 0 Å². The van der Waals surface area contributed by atoms with Crippen LogP contribution >= 0.6 is 11.8 Å². The third-order valence-electron chi connectivity index (χ3n) is 5.71. The lowest BCUT2D eigenvalue weighted by molar-refractivity contribution is 0.398. The molecule has 6 rings (SSSR count). The molecule has 0 bridgehead atoms. The molecule has 7 nitrogen and oxygen atoms in total. The molecule has 2 aromatic carbocycles. The van der Waals surface area contributed by atoms with Crippen molar-refractivity contribution in [3.63, 3.8) is 0 Å². The van der Waals surface area contributed by atoms with E-state index in [4.69, 9.17) is 4.74 Å². The Hall–Kier alpha value is -4.56. The van der Waals surface area contributed by atoms with Gasteiger partial charge in [-0.15, -0.1) is 10.2 Å².